The lowest BCUT2D eigenvalue weighted by Gasteiger charge is -2.30. The van der Waals surface area contributed by atoms with E-state index in [9.17, 15) is 18.3 Å². The van der Waals surface area contributed by atoms with Crippen molar-refractivity contribution in [2.75, 3.05) is 40.5 Å². The van der Waals surface area contributed by atoms with Crippen LogP contribution in [0.3, 0.4) is 0 Å². The third-order valence-electron chi connectivity index (χ3n) is 5.50. The van der Waals surface area contributed by atoms with Gasteiger partial charge < -0.3 is 24.6 Å². The number of nitrogens with one attached hydrogen (secondary N) is 1. The van der Waals surface area contributed by atoms with Crippen molar-refractivity contribution < 1.29 is 32.5 Å². The van der Waals surface area contributed by atoms with E-state index in [0.717, 1.165) is 9.87 Å². The number of rotatable bonds is 11. The Labute approximate surface area is 210 Å². The molecule has 0 saturated heterocycles. The number of ether oxygens (including phenoxy) is 3. The predicted molar refractivity (Wildman–Crippen MR) is 131 cm³/mol. The van der Waals surface area contributed by atoms with Crippen molar-refractivity contribution in [1.29, 1.82) is 0 Å². The van der Waals surface area contributed by atoms with Gasteiger partial charge in [0, 0.05) is 37.5 Å². The molecule has 0 saturated carbocycles. The van der Waals surface area contributed by atoms with Crippen molar-refractivity contribution in [2.45, 2.75) is 23.5 Å². The van der Waals surface area contributed by atoms with Gasteiger partial charge in [-0.05, 0) is 48.0 Å². The maximum Gasteiger partial charge on any atom is 0.285 e. The average molecular weight is 525 g/mol. The molecule has 1 heterocycles. The van der Waals surface area contributed by atoms with Gasteiger partial charge in [0.2, 0.25) is 16.3 Å². The Kier molecular flexibility index (Phi) is 9.53. The van der Waals surface area contributed by atoms with Gasteiger partial charge in [0.1, 0.15) is 5.75 Å². The van der Waals surface area contributed by atoms with Crippen molar-refractivity contribution in [3.63, 3.8) is 0 Å². The molecule has 0 radical (unpaired) electrons. The molecule has 0 spiro atoms. The number of benzene rings is 2. The maximum absolute atomic E-state index is 13.1. The summed E-state index contributed by atoms with van der Waals surface area (Å²) in [6, 6.07) is 13.3. The first-order chi connectivity index (χ1) is 16.8. The Morgan fingerprint density at radius 3 is 2.46 bits per heavy atom. The number of hydrogen-bond acceptors (Lipinski definition) is 7. The van der Waals surface area contributed by atoms with Crippen molar-refractivity contribution >= 4 is 27.5 Å². The molecule has 2 aromatic rings. The Balaban J connectivity index is 1.69. The van der Waals surface area contributed by atoms with Gasteiger partial charge in [0.25, 0.3) is 5.91 Å². The van der Waals surface area contributed by atoms with Gasteiger partial charge in [0.15, 0.2) is 5.76 Å². The Bertz CT molecular complexity index is 1120. The lowest BCUT2D eigenvalue weighted by molar-refractivity contribution is -0.146. The second-order valence-corrected chi connectivity index (χ2v) is 10.1. The van der Waals surface area contributed by atoms with Crippen molar-refractivity contribution in [2.24, 2.45) is 0 Å². The minimum Gasteiger partial charge on any atom is -0.497 e. The molecular weight excluding hydrogens is 496 g/mol. The third-order valence-corrected chi connectivity index (χ3v) is 7.66. The minimum absolute atomic E-state index is 0.00554. The van der Waals surface area contributed by atoms with Gasteiger partial charge >= 0.3 is 0 Å². The highest BCUT2D eigenvalue weighted by Crippen LogP contribution is 2.32. The molecule has 190 valence electrons. The van der Waals surface area contributed by atoms with Crippen LogP contribution in [0, 0.1) is 0 Å². The number of aliphatic hydroxyl groups is 1. The summed E-state index contributed by atoms with van der Waals surface area (Å²) in [5.41, 5.74) is 0.941. The summed E-state index contributed by atoms with van der Waals surface area (Å²) < 4.78 is 43.9. The number of carbonyl (C=O) groups excluding carboxylic acids is 1. The van der Waals surface area contributed by atoms with E-state index in [4.69, 9.17) is 25.8 Å². The molecule has 2 atom stereocenters. The zero-order valence-corrected chi connectivity index (χ0v) is 21.1. The number of carbonyl (C=O) groups is 1. The third kappa shape index (κ3) is 6.96. The average Bonchev–Trinajstić information content (AvgIpc) is 2.88. The first kappa shape index (κ1) is 27.0. The summed E-state index contributed by atoms with van der Waals surface area (Å²) >= 11 is 5.99. The van der Waals surface area contributed by atoms with E-state index < -0.39 is 16.3 Å². The number of nitrogens with zero attached hydrogens (tertiary/aromatic N) is 1. The molecule has 3 rings (SSSR count). The first-order valence-electron chi connectivity index (χ1n) is 11.0. The molecule has 0 bridgehead atoms. The highest BCUT2D eigenvalue weighted by Gasteiger charge is 2.29. The molecule has 0 aromatic heterocycles. The molecule has 1 aliphatic heterocycles. The van der Waals surface area contributed by atoms with Crippen LogP contribution in [-0.4, -0.2) is 70.5 Å². The summed E-state index contributed by atoms with van der Waals surface area (Å²) in [5, 5.41) is 12.6. The SMILES string of the molecule is CNC(=O)C1=C[C@H](c2ccc(Cl)cc2)C[C@H](OCCN(CCO)S(=O)(=O)c2ccc(OC)cc2)O1. The second-order valence-electron chi connectivity index (χ2n) is 7.73. The molecule has 9 nitrogen and oxygen atoms in total. The van der Waals surface area contributed by atoms with Gasteiger partial charge in [-0.25, -0.2) is 8.42 Å². The molecule has 0 unspecified atom stereocenters. The predicted octanol–water partition coefficient (Wildman–Crippen LogP) is 2.51. The fourth-order valence-corrected chi connectivity index (χ4v) is 5.17. The van der Waals surface area contributed by atoms with Gasteiger partial charge in [-0.3, -0.25) is 4.79 Å². The maximum atomic E-state index is 13.1. The van der Waals surface area contributed by atoms with Crippen molar-refractivity contribution in [1.82, 2.24) is 9.62 Å². The molecule has 1 amide bonds. The highest BCUT2D eigenvalue weighted by molar-refractivity contribution is 7.89. The van der Waals surface area contributed by atoms with Crippen LogP contribution in [0.4, 0.5) is 0 Å². The zero-order valence-electron chi connectivity index (χ0n) is 19.5. The quantitative estimate of drug-likeness (QED) is 0.464. The molecule has 2 N–H and O–H groups in total. The lowest BCUT2D eigenvalue weighted by atomic mass is 9.93. The van der Waals surface area contributed by atoms with Crippen LogP contribution < -0.4 is 10.1 Å². The van der Waals surface area contributed by atoms with E-state index in [1.807, 2.05) is 12.1 Å². The van der Waals surface area contributed by atoms with E-state index >= 15 is 0 Å². The largest absolute Gasteiger partial charge is 0.497 e. The van der Waals surface area contributed by atoms with E-state index in [2.05, 4.69) is 5.32 Å². The monoisotopic (exact) mass is 524 g/mol. The van der Waals surface area contributed by atoms with E-state index in [1.165, 1.54) is 26.3 Å². The van der Waals surface area contributed by atoms with Crippen LogP contribution in [0.2, 0.25) is 5.02 Å². The number of sulfonamides is 1. The van der Waals surface area contributed by atoms with Gasteiger partial charge in [0.05, 0.1) is 25.2 Å². The number of aliphatic hydroxyl groups excluding tert-OH is 1. The van der Waals surface area contributed by atoms with E-state index in [0.29, 0.717) is 17.2 Å². The van der Waals surface area contributed by atoms with Crippen LogP contribution in [-0.2, 0) is 24.3 Å². The van der Waals surface area contributed by atoms with Gasteiger partial charge in [-0.15, -0.1) is 0 Å². The number of likely N-dealkylation sites (N-methyl/N-ethyl adjacent to an activating group) is 1. The molecule has 11 heteroatoms. The Hall–Kier alpha value is -2.63. The molecule has 35 heavy (non-hydrogen) atoms. The molecule has 1 aliphatic rings. The van der Waals surface area contributed by atoms with Crippen LogP contribution in [0.1, 0.15) is 17.9 Å². The van der Waals surface area contributed by atoms with E-state index in [1.54, 1.807) is 30.3 Å². The number of hydrogen-bond donors (Lipinski definition) is 2. The normalized spacial score (nSPS) is 18.0. The number of allylic oxidation sites excluding steroid dienone is 1. The second kappa shape index (κ2) is 12.4. The van der Waals surface area contributed by atoms with Crippen LogP contribution in [0.15, 0.2) is 65.3 Å². The molecule has 2 aromatic carbocycles. The molecule has 0 fully saturated rings. The smallest absolute Gasteiger partial charge is 0.285 e. The van der Waals surface area contributed by atoms with Crippen LogP contribution in [0.25, 0.3) is 0 Å². The molecule has 0 aliphatic carbocycles. The summed E-state index contributed by atoms with van der Waals surface area (Å²) in [4.78, 5) is 12.3. The Morgan fingerprint density at radius 1 is 1.17 bits per heavy atom. The fraction of sp³-hybridized carbons (Fsp3) is 0.375. The summed E-state index contributed by atoms with van der Waals surface area (Å²) in [7, 11) is -0.869. The standard InChI is InChI=1S/C24H29ClN2O7S/c1-26-24(29)22-15-18(17-3-5-19(25)6-4-17)16-23(34-22)33-14-12-27(11-13-28)35(30,31)21-9-7-20(32-2)8-10-21/h3-10,15,18,23,28H,11-14,16H2,1-2H3,(H,26,29)/t18-,23+/m0/s1. The van der Waals surface area contributed by atoms with Crippen LogP contribution >= 0.6 is 11.6 Å². The van der Waals surface area contributed by atoms with Crippen LogP contribution in [0.5, 0.6) is 5.75 Å². The highest BCUT2D eigenvalue weighted by atomic mass is 35.5. The lowest BCUT2D eigenvalue weighted by Crippen LogP contribution is -2.38. The summed E-state index contributed by atoms with van der Waals surface area (Å²) in [6.45, 7) is -0.467. The summed E-state index contributed by atoms with van der Waals surface area (Å²) in [5.74, 6) is 0.114. The Morgan fingerprint density at radius 2 is 1.86 bits per heavy atom. The molecular formula is C24H29ClN2O7S. The zero-order chi connectivity index (χ0) is 25.4. The van der Waals surface area contributed by atoms with Crippen molar-refractivity contribution in [3.05, 3.63) is 71.0 Å². The number of methoxy groups -OCH3 is 1. The summed E-state index contributed by atoms with van der Waals surface area (Å²) in [6.07, 6.45) is 1.38. The van der Waals surface area contributed by atoms with E-state index in [-0.39, 0.29) is 48.8 Å². The van der Waals surface area contributed by atoms with Gasteiger partial charge in [-0.2, -0.15) is 4.31 Å². The van der Waals surface area contributed by atoms with Crippen molar-refractivity contribution in [3.8, 4) is 5.75 Å². The van der Waals surface area contributed by atoms with Gasteiger partial charge in [-0.1, -0.05) is 23.7 Å². The topological polar surface area (TPSA) is 114 Å². The number of amides is 1. The minimum atomic E-state index is -3.87. The first-order valence-corrected chi connectivity index (χ1v) is 12.8. The fourth-order valence-electron chi connectivity index (χ4n) is 3.63. The number of halogens is 1.